The number of nitrogens with two attached hydrogens (primary N) is 1. The molecule has 0 saturated carbocycles. The molecule has 7 nitrogen and oxygen atoms in total. The molecule has 2 aromatic heterocycles. The maximum atomic E-state index is 9.54. The summed E-state index contributed by atoms with van der Waals surface area (Å²) in [6.07, 6.45) is 3.10. The van der Waals surface area contributed by atoms with E-state index in [-0.39, 0.29) is 29.9 Å². The molecule has 0 amide bonds. The molecule has 4 N–H and O–H groups in total. The number of hydrogen-bond acceptors (Lipinski definition) is 6. The van der Waals surface area contributed by atoms with E-state index in [9.17, 15) is 10.2 Å². The van der Waals surface area contributed by atoms with Gasteiger partial charge >= 0.3 is 0 Å². The zero-order valence-corrected chi connectivity index (χ0v) is 11.9. The number of nitrogens with zero attached hydrogens (tertiary/aromatic N) is 4. The van der Waals surface area contributed by atoms with E-state index in [1.54, 1.807) is 4.57 Å². The molecule has 0 bridgehead atoms. The average molecular weight is 318 g/mol. The molecule has 20 heavy (non-hydrogen) atoms. The monoisotopic (exact) mass is 317 g/mol. The summed E-state index contributed by atoms with van der Waals surface area (Å²) in [6.45, 7) is -0.484. The Morgan fingerprint density at radius 3 is 2.65 bits per heavy atom. The fourth-order valence-electron chi connectivity index (χ4n) is 1.87. The Bertz CT molecular complexity index is 639. The van der Waals surface area contributed by atoms with E-state index < -0.39 is 6.04 Å². The second-order valence-corrected chi connectivity index (χ2v) is 5.09. The van der Waals surface area contributed by atoms with Gasteiger partial charge in [-0.1, -0.05) is 23.2 Å². The maximum absolute atomic E-state index is 9.54. The minimum Gasteiger partial charge on any atom is -0.394 e. The maximum Gasteiger partial charge on any atom is 0.165 e. The second-order valence-electron chi connectivity index (χ2n) is 4.15. The highest BCUT2D eigenvalue weighted by atomic mass is 35.5. The number of halogens is 2. The molecule has 9 heteroatoms. The molecule has 0 aliphatic heterocycles. The van der Waals surface area contributed by atoms with Gasteiger partial charge in [0.25, 0.3) is 0 Å². The number of aliphatic hydroxyl groups is 2. The van der Waals surface area contributed by atoms with Crippen molar-refractivity contribution in [3.05, 3.63) is 22.7 Å². The second kappa shape index (κ2) is 6.36. The van der Waals surface area contributed by atoms with Gasteiger partial charge in [-0.05, 0) is 12.0 Å². The van der Waals surface area contributed by atoms with Crippen molar-refractivity contribution >= 4 is 40.2 Å². The normalized spacial score (nSPS) is 12.6. The third kappa shape index (κ3) is 2.85. The summed E-state index contributed by atoms with van der Waals surface area (Å²) in [5.74, 6) is 0.263. The minimum absolute atomic E-state index is 0.00971. The molecule has 0 unspecified atom stereocenters. The van der Waals surface area contributed by atoms with E-state index in [0.717, 1.165) is 0 Å². The molecule has 1 atom stereocenters. The predicted octanol–water partition coefficient (Wildman–Crippen LogP) is 1.01. The topological polar surface area (TPSA) is 110 Å². The fourth-order valence-corrected chi connectivity index (χ4v) is 2.15. The third-order valence-corrected chi connectivity index (χ3v) is 3.47. The molecule has 0 aromatic carbocycles. The largest absolute Gasteiger partial charge is 0.394 e. The molecule has 2 heterocycles. The van der Waals surface area contributed by atoms with Gasteiger partial charge in [-0.3, -0.25) is 0 Å². The van der Waals surface area contributed by atoms with Crippen molar-refractivity contribution in [1.29, 1.82) is 0 Å². The van der Waals surface area contributed by atoms with Crippen LogP contribution in [0.15, 0.2) is 22.7 Å². The first-order valence-electron chi connectivity index (χ1n) is 5.76. The molecule has 2 aromatic rings. The highest BCUT2D eigenvalue weighted by molar-refractivity contribution is 6.56. The summed E-state index contributed by atoms with van der Waals surface area (Å²) in [6, 6.07) is -0.413. The zero-order valence-electron chi connectivity index (χ0n) is 10.4. The number of imidazole rings is 1. The van der Waals surface area contributed by atoms with Crippen LogP contribution in [0.1, 0.15) is 12.5 Å². The molecular weight excluding hydrogens is 305 g/mol. The number of aliphatic hydroxyl groups excluding tert-OH is 2. The van der Waals surface area contributed by atoms with Gasteiger partial charge in [0.2, 0.25) is 0 Å². The van der Waals surface area contributed by atoms with E-state index in [1.165, 1.54) is 12.7 Å². The van der Waals surface area contributed by atoms with Gasteiger partial charge in [-0.2, -0.15) is 0 Å². The van der Waals surface area contributed by atoms with Crippen LogP contribution in [0.4, 0.5) is 5.82 Å². The lowest BCUT2D eigenvalue weighted by atomic mass is 10.1. The van der Waals surface area contributed by atoms with Crippen molar-refractivity contribution in [3.8, 4) is 0 Å². The average Bonchev–Trinajstić information content (AvgIpc) is 2.85. The molecule has 0 aliphatic carbocycles. The van der Waals surface area contributed by atoms with E-state index in [2.05, 4.69) is 15.0 Å². The first kappa shape index (κ1) is 15.0. The predicted molar refractivity (Wildman–Crippen MR) is 76.3 cm³/mol. The first-order chi connectivity index (χ1) is 9.58. The van der Waals surface area contributed by atoms with Crippen molar-refractivity contribution in [3.63, 3.8) is 0 Å². The van der Waals surface area contributed by atoms with Crippen molar-refractivity contribution in [2.75, 3.05) is 18.9 Å². The first-order valence-corrected chi connectivity index (χ1v) is 6.51. The Hall–Kier alpha value is -1.41. The molecule has 0 radical (unpaired) electrons. The SMILES string of the molecule is Nc1ncnc2c1ncn2[C@@H](CO)CC(CO)=C(Cl)Cl. The summed E-state index contributed by atoms with van der Waals surface area (Å²) in [7, 11) is 0. The Morgan fingerprint density at radius 1 is 1.30 bits per heavy atom. The van der Waals surface area contributed by atoms with Gasteiger partial charge in [0.1, 0.15) is 16.3 Å². The summed E-state index contributed by atoms with van der Waals surface area (Å²) in [4.78, 5) is 12.1. The lowest BCUT2D eigenvalue weighted by molar-refractivity contribution is 0.223. The van der Waals surface area contributed by atoms with Gasteiger partial charge in [0, 0.05) is 0 Å². The summed E-state index contributed by atoms with van der Waals surface area (Å²) >= 11 is 11.4. The fraction of sp³-hybridized carbons (Fsp3) is 0.364. The van der Waals surface area contributed by atoms with Crippen LogP contribution in [0.3, 0.4) is 0 Å². The van der Waals surface area contributed by atoms with Gasteiger partial charge in [0.05, 0.1) is 25.6 Å². The summed E-state index contributed by atoms with van der Waals surface area (Å²) in [5.41, 5.74) is 7.09. The Kier molecular flexibility index (Phi) is 4.77. The Balaban J connectivity index is 2.40. The van der Waals surface area contributed by atoms with Gasteiger partial charge in [0.15, 0.2) is 11.5 Å². The number of nitrogen functional groups attached to an aromatic ring is 1. The highest BCUT2D eigenvalue weighted by Gasteiger charge is 2.18. The van der Waals surface area contributed by atoms with Crippen LogP contribution >= 0.6 is 23.2 Å². The number of hydrogen-bond donors (Lipinski definition) is 3. The molecule has 0 aliphatic rings. The number of rotatable bonds is 5. The number of aromatic nitrogens is 4. The third-order valence-electron chi connectivity index (χ3n) is 2.93. The van der Waals surface area contributed by atoms with Gasteiger partial charge in [-0.25, -0.2) is 15.0 Å². The van der Waals surface area contributed by atoms with E-state index in [4.69, 9.17) is 28.9 Å². The van der Waals surface area contributed by atoms with Crippen LogP contribution in [0, 0.1) is 0 Å². The van der Waals surface area contributed by atoms with E-state index in [1.807, 2.05) is 0 Å². The molecule has 108 valence electrons. The van der Waals surface area contributed by atoms with Crippen molar-refractivity contribution in [2.45, 2.75) is 12.5 Å². The van der Waals surface area contributed by atoms with Crippen molar-refractivity contribution in [1.82, 2.24) is 19.5 Å². The van der Waals surface area contributed by atoms with Crippen molar-refractivity contribution in [2.24, 2.45) is 0 Å². The molecule has 2 rings (SSSR count). The zero-order chi connectivity index (χ0) is 14.7. The van der Waals surface area contributed by atoms with E-state index >= 15 is 0 Å². The van der Waals surface area contributed by atoms with Crippen LogP contribution in [-0.4, -0.2) is 42.9 Å². The standard InChI is InChI=1S/C11H13Cl2N5O2/c12-9(13)6(2-19)1-7(3-20)18-5-17-8-10(14)15-4-16-11(8)18/h4-5,7,19-20H,1-3H2,(H2,14,15,16)/t7-/m1/s1. The van der Waals surface area contributed by atoms with E-state index in [0.29, 0.717) is 16.7 Å². The van der Waals surface area contributed by atoms with Crippen LogP contribution in [0.5, 0.6) is 0 Å². The Labute approximate surface area is 124 Å². The summed E-state index contributed by atoms with van der Waals surface area (Å²) in [5, 5.41) is 18.8. The minimum atomic E-state index is -0.413. The number of fused-ring (bicyclic) bond motifs is 1. The van der Waals surface area contributed by atoms with Gasteiger partial charge < -0.3 is 20.5 Å². The van der Waals surface area contributed by atoms with Crippen LogP contribution in [-0.2, 0) is 0 Å². The number of anilines is 1. The highest BCUT2D eigenvalue weighted by Crippen LogP contribution is 2.26. The van der Waals surface area contributed by atoms with Crippen LogP contribution in [0.2, 0.25) is 0 Å². The van der Waals surface area contributed by atoms with Gasteiger partial charge in [-0.15, -0.1) is 0 Å². The molecule has 0 spiro atoms. The molecule has 0 fully saturated rings. The lowest BCUT2D eigenvalue weighted by Crippen LogP contribution is -2.15. The smallest absolute Gasteiger partial charge is 0.165 e. The Morgan fingerprint density at radius 2 is 2.05 bits per heavy atom. The molecular formula is C11H13Cl2N5O2. The van der Waals surface area contributed by atoms with Crippen LogP contribution in [0.25, 0.3) is 11.2 Å². The summed E-state index contributed by atoms with van der Waals surface area (Å²) < 4.78 is 1.64. The van der Waals surface area contributed by atoms with Crippen molar-refractivity contribution < 1.29 is 10.2 Å². The quantitative estimate of drug-likeness (QED) is 0.759. The lowest BCUT2D eigenvalue weighted by Gasteiger charge is -2.17. The molecule has 0 saturated heterocycles. The van der Waals surface area contributed by atoms with Crippen LogP contribution < -0.4 is 5.73 Å².